The fourth-order valence-electron chi connectivity index (χ4n) is 6.65. The molecule has 2 aliphatic carbocycles. The Labute approximate surface area is 221 Å². The van der Waals surface area contributed by atoms with E-state index < -0.39 is 0 Å². The van der Waals surface area contributed by atoms with Gasteiger partial charge in [-0.25, -0.2) is 0 Å². The Hall–Kier alpha value is -2.12. The quantitative estimate of drug-likeness (QED) is 0.311. The molecule has 0 amide bonds. The van der Waals surface area contributed by atoms with Gasteiger partial charge in [0.1, 0.15) is 0 Å². The van der Waals surface area contributed by atoms with Gasteiger partial charge in [0.25, 0.3) is 0 Å². The third kappa shape index (κ3) is 3.86. The van der Waals surface area contributed by atoms with Crippen LogP contribution in [0.4, 0.5) is 0 Å². The molecule has 0 aliphatic heterocycles. The zero-order chi connectivity index (χ0) is 25.5. The molecule has 0 spiro atoms. The van der Waals surface area contributed by atoms with Gasteiger partial charge in [0.15, 0.2) is 0 Å². The monoisotopic (exact) mass is 526 g/mol. The first-order valence-electron chi connectivity index (χ1n) is 13.0. The summed E-state index contributed by atoms with van der Waals surface area (Å²) >= 11 is 3.81. The minimum absolute atomic E-state index is 0.0130. The maximum absolute atomic E-state index is 3.81. The highest BCUT2D eigenvalue weighted by atomic mass is 79.9. The van der Waals surface area contributed by atoms with Crippen molar-refractivity contribution in [2.75, 3.05) is 0 Å². The lowest BCUT2D eigenvalue weighted by Gasteiger charge is -2.40. The lowest BCUT2D eigenvalue weighted by atomic mass is 9.62. The van der Waals surface area contributed by atoms with E-state index in [1.54, 1.807) is 0 Å². The topological polar surface area (TPSA) is 0 Å². The first kappa shape index (κ1) is 24.6. The van der Waals surface area contributed by atoms with Crippen LogP contribution in [0.2, 0.25) is 0 Å². The van der Waals surface area contributed by atoms with Crippen LogP contribution >= 0.6 is 15.9 Å². The average Bonchev–Trinajstić information content (AvgIpc) is 3.27. The standard InChI is InChI=1S/C34H39Br/c1-20-17-28-23(11-10-12-29(28)35)30(20)34(8,9)31-24-15-13-21(32(2,3)4)18-26(24)27-19-22(33(5,6)7)14-16-25(27)31/h10-19,30-31H,1-9H3. The number of benzene rings is 3. The van der Waals surface area contributed by atoms with Crippen LogP contribution in [0.15, 0.2) is 64.6 Å². The van der Waals surface area contributed by atoms with Gasteiger partial charge in [-0.1, -0.05) is 131 Å². The molecule has 0 nitrogen and oxygen atoms in total. The smallest absolute Gasteiger partial charge is 0.0250 e. The van der Waals surface area contributed by atoms with E-state index in [4.69, 9.17) is 0 Å². The summed E-state index contributed by atoms with van der Waals surface area (Å²) < 4.78 is 1.20. The van der Waals surface area contributed by atoms with Crippen LogP contribution in [0.25, 0.3) is 17.2 Å². The van der Waals surface area contributed by atoms with Gasteiger partial charge in [0, 0.05) is 16.3 Å². The van der Waals surface area contributed by atoms with E-state index >= 15 is 0 Å². The van der Waals surface area contributed by atoms with Crippen molar-refractivity contribution >= 4 is 22.0 Å². The maximum atomic E-state index is 3.81. The summed E-state index contributed by atoms with van der Waals surface area (Å²) in [5.74, 6) is 0.720. The molecule has 0 bridgehead atoms. The minimum atomic E-state index is 0.0130. The highest BCUT2D eigenvalue weighted by Crippen LogP contribution is 2.61. The zero-order valence-electron chi connectivity index (χ0n) is 22.8. The van der Waals surface area contributed by atoms with Crippen molar-refractivity contribution in [2.24, 2.45) is 5.41 Å². The first-order valence-corrected chi connectivity index (χ1v) is 13.8. The summed E-state index contributed by atoms with van der Waals surface area (Å²) in [5.41, 5.74) is 13.2. The molecule has 0 heterocycles. The van der Waals surface area contributed by atoms with Crippen molar-refractivity contribution in [3.8, 4) is 11.1 Å². The second-order valence-electron chi connectivity index (χ2n) is 13.4. The van der Waals surface area contributed by atoms with Gasteiger partial charge in [0.2, 0.25) is 0 Å². The molecule has 2 aliphatic rings. The number of rotatable bonds is 2. The molecule has 0 aromatic heterocycles. The molecule has 0 radical (unpaired) electrons. The van der Waals surface area contributed by atoms with Gasteiger partial charge in [-0.3, -0.25) is 0 Å². The second-order valence-corrected chi connectivity index (χ2v) is 14.3. The second kappa shape index (κ2) is 7.94. The van der Waals surface area contributed by atoms with E-state index in [2.05, 4.69) is 139 Å². The molecule has 3 aromatic carbocycles. The Kier molecular flexibility index (Phi) is 5.57. The van der Waals surface area contributed by atoms with Gasteiger partial charge in [-0.05, 0) is 73.7 Å². The lowest BCUT2D eigenvalue weighted by Crippen LogP contribution is -2.29. The molecule has 1 atom stereocenters. The van der Waals surface area contributed by atoms with Crippen LogP contribution in [-0.2, 0) is 10.8 Å². The Morgan fingerprint density at radius 1 is 0.629 bits per heavy atom. The molecule has 0 saturated carbocycles. The summed E-state index contributed by atoms with van der Waals surface area (Å²) in [5, 5.41) is 0. The Morgan fingerprint density at radius 2 is 1.14 bits per heavy atom. The fraction of sp³-hybridized carbons (Fsp3) is 0.412. The van der Waals surface area contributed by atoms with Crippen LogP contribution in [-0.4, -0.2) is 0 Å². The normalized spacial score (nSPS) is 17.8. The Morgan fingerprint density at radius 3 is 1.63 bits per heavy atom. The molecule has 182 valence electrons. The highest BCUT2D eigenvalue weighted by Gasteiger charge is 2.47. The number of hydrogen-bond acceptors (Lipinski definition) is 0. The fourth-order valence-corrected chi connectivity index (χ4v) is 7.15. The molecule has 35 heavy (non-hydrogen) atoms. The molecular weight excluding hydrogens is 488 g/mol. The van der Waals surface area contributed by atoms with Crippen LogP contribution in [0.3, 0.4) is 0 Å². The summed E-state index contributed by atoms with van der Waals surface area (Å²) in [4.78, 5) is 0. The SMILES string of the molecule is CC1=Cc2c(Br)cccc2C1C(C)(C)C1c2ccc(C(C)(C)C)cc2-c2cc(C(C)(C)C)ccc21. The largest absolute Gasteiger partial charge is 0.0646 e. The molecule has 1 heteroatoms. The predicted octanol–water partition coefficient (Wildman–Crippen LogP) is 10.4. The van der Waals surface area contributed by atoms with E-state index in [1.807, 2.05) is 0 Å². The van der Waals surface area contributed by atoms with Gasteiger partial charge >= 0.3 is 0 Å². The van der Waals surface area contributed by atoms with E-state index in [1.165, 1.54) is 54.6 Å². The van der Waals surface area contributed by atoms with Crippen molar-refractivity contribution in [3.05, 3.63) is 98.0 Å². The van der Waals surface area contributed by atoms with Gasteiger partial charge in [-0.15, -0.1) is 0 Å². The van der Waals surface area contributed by atoms with Crippen molar-refractivity contribution in [1.82, 2.24) is 0 Å². The zero-order valence-corrected chi connectivity index (χ0v) is 24.4. The summed E-state index contributed by atoms with van der Waals surface area (Å²) in [7, 11) is 0. The highest BCUT2D eigenvalue weighted by molar-refractivity contribution is 9.10. The molecule has 5 rings (SSSR count). The third-order valence-electron chi connectivity index (χ3n) is 8.46. The van der Waals surface area contributed by atoms with Gasteiger partial charge in [0.05, 0.1) is 0 Å². The Balaban J connectivity index is 1.73. The van der Waals surface area contributed by atoms with E-state index in [0.29, 0.717) is 11.8 Å². The van der Waals surface area contributed by atoms with E-state index in [9.17, 15) is 0 Å². The minimum Gasteiger partial charge on any atom is -0.0646 e. The molecule has 0 N–H and O–H groups in total. The van der Waals surface area contributed by atoms with Crippen molar-refractivity contribution in [3.63, 3.8) is 0 Å². The van der Waals surface area contributed by atoms with Crippen molar-refractivity contribution in [1.29, 1.82) is 0 Å². The molecule has 0 fully saturated rings. The van der Waals surface area contributed by atoms with Crippen LogP contribution in [0.1, 0.15) is 108 Å². The Bertz CT molecular complexity index is 1290. The third-order valence-corrected chi connectivity index (χ3v) is 9.16. The van der Waals surface area contributed by atoms with Crippen molar-refractivity contribution < 1.29 is 0 Å². The van der Waals surface area contributed by atoms with Crippen LogP contribution in [0, 0.1) is 5.41 Å². The molecule has 0 saturated heterocycles. The van der Waals surface area contributed by atoms with Crippen LogP contribution < -0.4 is 0 Å². The maximum Gasteiger partial charge on any atom is 0.0250 e. The number of fused-ring (bicyclic) bond motifs is 4. The van der Waals surface area contributed by atoms with Crippen molar-refractivity contribution in [2.45, 2.75) is 85.0 Å². The van der Waals surface area contributed by atoms with Gasteiger partial charge in [-0.2, -0.15) is 0 Å². The summed E-state index contributed by atoms with van der Waals surface area (Å²) in [6, 6.07) is 21.3. The molecule has 3 aromatic rings. The number of allylic oxidation sites excluding steroid dienone is 1. The predicted molar refractivity (Wildman–Crippen MR) is 155 cm³/mol. The average molecular weight is 528 g/mol. The van der Waals surface area contributed by atoms with Gasteiger partial charge < -0.3 is 0 Å². The first-order chi connectivity index (χ1) is 16.2. The lowest BCUT2D eigenvalue weighted by molar-refractivity contribution is 0.278. The molecular formula is C34H39Br. The molecule has 1 unspecified atom stereocenters. The number of hydrogen-bond donors (Lipinski definition) is 0. The van der Waals surface area contributed by atoms with Crippen LogP contribution in [0.5, 0.6) is 0 Å². The summed E-state index contributed by atoms with van der Waals surface area (Å²) in [6.45, 7) is 21.2. The summed E-state index contributed by atoms with van der Waals surface area (Å²) in [6.07, 6.45) is 2.40. The number of halogens is 1. The van der Waals surface area contributed by atoms with E-state index in [0.717, 1.165) is 0 Å². The van der Waals surface area contributed by atoms with E-state index in [-0.39, 0.29) is 16.2 Å².